The van der Waals surface area contributed by atoms with Crippen LogP contribution in [0.1, 0.15) is 20.3 Å². The second-order valence-corrected chi connectivity index (χ2v) is 3.60. The van der Waals surface area contributed by atoms with Crippen molar-refractivity contribution in [1.29, 1.82) is 0 Å². The molecule has 0 aliphatic heterocycles. The van der Waals surface area contributed by atoms with Gasteiger partial charge in [-0.3, -0.25) is 4.90 Å². The van der Waals surface area contributed by atoms with Crippen molar-refractivity contribution < 1.29 is 5.11 Å². The van der Waals surface area contributed by atoms with Gasteiger partial charge in [0.25, 0.3) is 0 Å². The molecule has 0 spiro atoms. The van der Waals surface area contributed by atoms with Crippen molar-refractivity contribution in [3.05, 3.63) is 12.2 Å². The van der Waals surface area contributed by atoms with Crippen LogP contribution in [0.2, 0.25) is 0 Å². The maximum Gasteiger partial charge on any atom is 0.0443 e. The molecule has 3 heteroatoms. The predicted octanol–water partition coefficient (Wildman–Crippen LogP) is 1.87. The van der Waals surface area contributed by atoms with E-state index in [2.05, 4.69) is 24.8 Å². The first-order chi connectivity index (χ1) is 6.22. The zero-order valence-electron chi connectivity index (χ0n) is 8.54. The van der Waals surface area contributed by atoms with E-state index in [1.165, 1.54) is 0 Å². The number of hydrogen-bond acceptors (Lipinski definition) is 2. The van der Waals surface area contributed by atoms with Gasteiger partial charge in [-0.15, -0.1) is 11.6 Å². The molecule has 0 aromatic rings. The van der Waals surface area contributed by atoms with E-state index in [4.69, 9.17) is 16.7 Å². The Kier molecular flexibility index (Phi) is 8.51. The molecule has 0 fully saturated rings. The van der Waals surface area contributed by atoms with Crippen molar-refractivity contribution in [3.63, 3.8) is 0 Å². The third-order valence-corrected chi connectivity index (χ3v) is 2.11. The fourth-order valence-corrected chi connectivity index (χ4v) is 1.23. The summed E-state index contributed by atoms with van der Waals surface area (Å²) >= 11 is 5.52. The van der Waals surface area contributed by atoms with E-state index in [-0.39, 0.29) is 6.61 Å². The van der Waals surface area contributed by atoms with E-state index in [1.54, 1.807) is 0 Å². The summed E-state index contributed by atoms with van der Waals surface area (Å²) in [5.41, 5.74) is 0. The molecule has 0 saturated carbocycles. The summed E-state index contributed by atoms with van der Waals surface area (Å²) in [5.74, 6) is 0.575. The monoisotopic (exact) mass is 205 g/mol. The van der Waals surface area contributed by atoms with Crippen LogP contribution in [0.25, 0.3) is 0 Å². The molecule has 78 valence electrons. The molecule has 0 amide bonds. The molecule has 0 aliphatic carbocycles. The Morgan fingerprint density at radius 3 is 2.54 bits per heavy atom. The number of aliphatic hydroxyl groups excluding tert-OH is 1. The lowest BCUT2D eigenvalue weighted by atomic mass is 10.3. The molecule has 0 bridgehead atoms. The molecule has 0 unspecified atom stereocenters. The van der Waals surface area contributed by atoms with E-state index < -0.39 is 0 Å². The summed E-state index contributed by atoms with van der Waals surface area (Å²) in [7, 11) is 0. The summed E-state index contributed by atoms with van der Waals surface area (Å²) in [6.07, 6.45) is 4.87. The van der Waals surface area contributed by atoms with Gasteiger partial charge in [-0.1, -0.05) is 12.2 Å². The first kappa shape index (κ1) is 12.9. The number of hydrogen-bond donors (Lipinski definition) is 1. The van der Waals surface area contributed by atoms with Crippen molar-refractivity contribution in [1.82, 2.24) is 4.90 Å². The van der Waals surface area contributed by atoms with Crippen LogP contribution < -0.4 is 0 Å². The zero-order valence-corrected chi connectivity index (χ0v) is 9.30. The minimum Gasteiger partial charge on any atom is -0.396 e. The molecule has 0 aromatic carbocycles. The highest BCUT2D eigenvalue weighted by atomic mass is 35.5. The highest BCUT2D eigenvalue weighted by Gasteiger charge is 2.05. The zero-order chi connectivity index (χ0) is 10.1. The third kappa shape index (κ3) is 7.05. The van der Waals surface area contributed by atoms with Crippen molar-refractivity contribution in [2.24, 2.45) is 0 Å². The van der Waals surface area contributed by atoms with Crippen molar-refractivity contribution in [2.75, 3.05) is 25.6 Å². The van der Waals surface area contributed by atoms with Crippen molar-refractivity contribution >= 4 is 11.6 Å². The minimum atomic E-state index is 0.266. The molecule has 0 radical (unpaired) electrons. The summed E-state index contributed by atoms with van der Waals surface area (Å²) in [6, 6.07) is 0.520. The van der Waals surface area contributed by atoms with Crippen LogP contribution in [0.15, 0.2) is 12.2 Å². The summed E-state index contributed by atoms with van der Waals surface area (Å²) in [5, 5.41) is 8.70. The molecule has 0 aliphatic rings. The van der Waals surface area contributed by atoms with Crippen molar-refractivity contribution in [3.8, 4) is 0 Å². The van der Waals surface area contributed by atoms with Crippen LogP contribution in [0, 0.1) is 0 Å². The lowest BCUT2D eigenvalue weighted by Gasteiger charge is -2.24. The van der Waals surface area contributed by atoms with Gasteiger partial charge in [0.15, 0.2) is 0 Å². The fraction of sp³-hybridized carbons (Fsp3) is 0.800. The largest absolute Gasteiger partial charge is 0.396 e. The Hall–Kier alpha value is -0.0500. The van der Waals surface area contributed by atoms with Gasteiger partial charge in [0, 0.05) is 31.6 Å². The van der Waals surface area contributed by atoms with Gasteiger partial charge in [-0.05, 0) is 20.3 Å². The second-order valence-electron chi connectivity index (χ2n) is 3.29. The highest BCUT2D eigenvalue weighted by molar-refractivity contribution is 6.18. The lowest BCUT2D eigenvalue weighted by molar-refractivity contribution is 0.207. The first-order valence-electron chi connectivity index (χ1n) is 4.78. The van der Waals surface area contributed by atoms with E-state index in [0.29, 0.717) is 11.9 Å². The molecule has 1 N–H and O–H groups in total. The van der Waals surface area contributed by atoms with Gasteiger partial charge in [0.05, 0.1) is 0 Å². The number of rotatable bonds is 7. The molecule has 0 saturated heterocycles. The van der Waals surface area contributed by atoms with E-state index in [1.807, 2.05) is 6.08 Å². The third-order valence-electron chi connectivity index (χ3n) is 1.93. The molecule has 0 aromatic heterocycles. The second kappa shape index (κ2) is 8.54. The number of allylic oxidation sites excluding steroid dienone is 1. The average Bonchev–Trinajstić information content (AvgIpc) is 2.10. The van der Waals surface area contributed by atoms with Gasteiger partial charge in [-0.2, -0.15) is 0 Å². The molecule has 0 rings (SSSR count). The van der Waals surface area contributed by atoms with Crippen LogP contribution >= 0.6 is 11.6 Å². The maximum atomic E-state index is 8.70. The van der Waals surface area contributed by atoms with Gasteiger partial charge in [-0.25, -0.2) is 0 Å². The lowest BCUT2D eigenvalue weighted by Crippen LogP contribution is -2.32. The Morgan fingerprint density at radius 1 is 1.38 bits per heavy atom. The SMILES string of the molecule is CC(C)N(CC=CCCl)CCCO. The van der Waals surface area contributed by atoms with E-state index in [0.717, 1.165) is 19.5 Å². The number of aliphatic hydroxyl groups is 1. The van der Waals surface area contributed by atoms with Crippen molar-refractivity contribution in [2.45, 2.75) is 26.3 Å². The van der Waals surface area contributed by atoms with E-state index in [9.17, 15) is 0 Å². The maximum absolute atomic E-state index is 8.70. The van der Waals surface area contributed by atoms with Gasteiger partial charge >= 0.3 is 0 Å². The normalized spacial score (nSPS) is 12.2. The first-order valence-corrected chi connectivity index (χ1v) is 5.31. The predicted molar refractivity (Wildman–Crippen MR) is 58.3 cm³/mol. The fourth-order valence-electron chi connectivity index (χ4n) is 1.11. The summed E-state index contributed by atoms with van der Waals surface area (Å²) in [6.45, 7) is 6.45. The molecular formula is C10H20ClNO. The number of nitrogens with zero attached hydrogens (tertiary/aromatic N) is 1. The molecule has 2 nitrogen and oxygen atoms in total. The topological polar surface area (TPSA) is 23.5 Å². The number of halogens is 1. The van der Waals surface area contributed by atoms with Crippen LogP contribution in [-0.2, 0) is 0 Å². The Bertz CT molecular complexity index is 137. The summed E-state index contributed by atoms with van der Waals surface area (Å²) in [4.78, 5) is 2.30. The van der Waals surface area contributed by atoms with Gasteiger partial charge in [0.2, 0.25) is 0 Å². The van der Waals surface area contributed by atoms with Gasteiger partial charge < -0.3 is 5.11 Å². The standard InChI is InChI=1S/C10H20ClNO/c1-10(2)12(8-5-9-13)7-4-3-6-11/h3-4,10,13H,5-9H2,1-2H3. The quantitative estimate of drug-likeness (QED) is 0.507. The Balaban J connectivity index is 3.73. The smallest absolute Gasteiger partial charge is 0.0443 e. The molecule has 0 heterocycles. The molecule has 13 heavy (non-hydrogen) atoms. The average molecular weight is 206 g/mol. The Labute approximate surface area is 86.2 Å². The van der Waals surface area contributed by atoms with Crippen LogP contribution in [0.5, 0.6) is 0 Å². The molecule has 0 atom stereocenters. The number of alkyl halides is 1. The van der Waals surface area contributed by atoms with Crippen LogP contribution in [-0.4, -0.2) is 41.6 Å². The molecular weight excluding hydrogens is 186 g/mol. The van der Waals surface area contributed by atoms with Crippen LogP contribution in [0.3, 0.4) is 0 Å². The Morgan fingerprint density at radius 2 is 2.08 bits per heavy atom. The van der Waals surface area contributed by atoms with Crippen LogP contribution in [0.4, 0.5) is 0 Å². The minimum absolute atomic E-state index is 0.266. The highest BCUT2D eigenvalue weighted by Crippen LogP contribution is 1.99. The summed E-state index contributed by atoms with van der Waals surface area (Å²) < 4.78 is 0. The van der Waals surface area contributed by atoms with Gasteiger partial charge in [0.1, 0.15) is 0 Å². The van der Waals surface area contributed by atoms with E-state index >= 15 is 0 Å².